The molecule has 3 amide bonds. The number of benzene rings is 2. The largest absolute Gasteiger partial charge is 0.337 e. The van der Waals surface area contributed by atoms with Crippen molar-refractivity contribution in [1.82, 2.24) is 5.32 Å². The molecule has 0 radical (unpaired) electrons. The normalized spacial score (nSPS) is 14.4. The average molecular weight is 476 g/mol. The zero-order chi connectivity index (χ0) is 23.3. The highest BCUT2D eigenvalue weighted by Crippen LogP contribution is 2.33. The molecule has 1 aliphatic heterocycles. The van der Waals surface area contributed by atoms with Crippen molar-refractivity contribution in [3.05, 3.63) is 58.1 Å². The Morgan fingerprint density at radius 3 is 2.00 bits per heavy atom. The van der Waals surface area contributed by atoms with Gasteiger partial charge in [-0.15, -0.1) is 0 Å². The molecule has 1 aliphatic rings. The van der Waals surface area contributed by atoms with Crippen LogP contribution in [0.25, 0.3) is 0 Å². The third-order valence-corrected chi connectivity index (χ3v) is 5.91. The topological polar surface area (TPSA) is 69.7 Å². The van der Waals surface area contributed by atoms with Crippen LogP contribution in [0.5, 0.6) is 0 Å². The molecule has 1 N–H and O–H groups in total. The molecule has 0 aromatic heterocycles. The molecular formula is C24H27Cl2N3O3. The van der Waals surface area contributed by atoms with E-state index >= 15 is 0 Å². The first-order chi connectivity index (χ1) is 15.4. The average Bonchev–Trinajstić information content (AvgIpc) is 2.84. The third kappa shape index (κ3) is 5.25. The van der Waals surface area contributed by atoms with Gasteiger partial charge in [-0.1, -0.05) is 55.2 Å². The van der Waals surface area contributed by atoms with Gasteiger partial charge in [0.1, 0.15) is 0 Å². The Bertz CT molecular complexity index is 967. The number of para-hydroxylation sites is 2. The number of carbonyl (C=O) groups excluding carboxylic acids is 3. The smallest absolute Gasteiger partial charge is 0.259 e. The molecule has 0 spiro atoms. The Hall–Kier alpha value is -2.57. The second-order valence-corrected chi connectivity index (χ2v) is 8.55. The summed E-state index contributed by atoms with van der Waals surface area (Å²) in [6.45, 7) is 4.84. The van der Waals surface area contributed by atoms with Crippen molar-refractivity contribution < 1.29 is 14.4 Å². The van der Waals surface area contributed by atoms with Crippen LogP contribution in [-0.2, 0) is 20.8 Å². The van der Waals surface area contributed by atoms with Gasteiger partial charge >= 0.3 is 0 Å². The number of hydrogen-bond donors (Lipinski definition) is 1. The van der Waals surface area contributed by atoms with Crippen molar-refractivity contribution in [2.24, 2.45) is 0 Å². The number of hydrogen-bond acceptors (Lipinski definition) is 3. The number of rotatable bonds is 8. The number of nitrogens with one attached hydrogen (secondary N) is 1. The molecule has 0 fully saturated rings. The van der Waals surface area contributed by atoms with Crippen LogP contribution in [0.3, 0.4) is 0 Å². The number of anilines is 2. The summed E-state index contributed by atoms with van der Waals surface area (Å²) in [5, 5.41) is 3.68. The summed E-state index contributed by atoms with van der Waals surface area (Å²) in [6.07, 6.45) is 1.90. The van der Waals surface area contributed by atoms with Crippen molar-refractivity contribution in [3.63, 3.8) is 0 Å². The summed E-state index contributed by atoms with van der Waals surface area (Å²) in [7, 11) is 0. The lowest BCUT2D eigenvalue weighted by atomic mass is 10.1. The van der Waals surface area contributed by atoms with E-state index in [1.807, 2.05) is 38.1 Å². The number of amides is 3. The molecule has 170 valence electrons. The SMILES string of the molecule is CCCN1C(=O)C(NC(=O)CCc2ccc(Cl)cc2Cl)C(=O)N(CCC)c2ccccc21. The molecule has 1 heterocycles. The maximum absolute atomic E-state index is 13.4. The van der Waals surface area contributed by atoms with Gasteiger partial charge in [0.2, 0.25) is 5.91 Å². The Kier molecular flexibility index (Phi) is 8.15. The second-order valence-electron chi connectivity index (χ2n) is 7.70. The van der Waals surface area contributed by atoms with Gasteiger partial charge in [-0.05, 0) is 49.1 Å². The van der Waals surface area contributed by atoms with Gasteiger partial charge in [-0.3, -0.25) is 14.4 Å². The first kappa shape index (κ1) is 24.1. The van der Waals surface area contributed by atoms with E-state index in [9.17, 15) is 14.4 Å². The van der Waals surface area contributed by atoms with Crippen molar-refractivity contribution in [2.75, 3.05) is 22.9 Å². The molecule has 0 unspecified atom stereocenters. The van der Waals surface area contributed by atoms with E-state index in [4.69, 9.17) is 23.2 Å². The zero-order valence-electron chi connectivity index (χ0n) is 18.2. The summed E-state index contributed by atoms with van der Waals surface area (Å²) < 4.78 is 0. The van der Waals surface area contributed by atoms with Crippen LogP contribution in [0.4, 0.5) is 11.4 Å². The fraction of sp³-hybridized carbons (Fsp3) is 0.375. The number of nitrogens with zero attached hydrogens (tertiary/aromatic N) is 2. The van der Waals surface area contributed by atoms with Gasteiger partial charge < -0.3 is 15.1 Å². The third-order valence-electron chi connectivity index (χ3n) is 5.33. The molecule has 0 saturated carbocycles. The summed E-state index contributed by atoms with van der Waals surface area (Å²) in [6, 6.07) is 11.2. The minimum Gasteiger partial charge on any atom is -0.337 e. The zero-order valence-corrected chi connectivity index (χ0v) is 19.7. The number of fused-ring (bicyclic) bond motifs is 1. The van der Waals surface area contributed by atoms with E-state index in [2.05, 4.69) is 5.32 Å². The van der Waals surface area contributed by atoms with Crippen molar-refractivity contribution >= 4 is 52.3 Å². The van der Waals surface area contributed by atoms with Crippen LogP contribution in [0.1, 0.15) is 38.7 Å². The number of carbonyl (C=O) groups is 3. The molecule has 3 rings (SSSR count). The second kappa shape index (κ2) is 10.8. The minimum atomic E-state index is -1.27. The van der Waals surface area contributed by atoms with Gasteiger partial charge in [0.05, 0.1) is 11.4 Å². The molecule has 0 bridgehead atoms. The van der Waals surface area contributed by atoms with Gasteiger partial charge in [0, 0.05) is 29.6 Å². The number of aryl methyl sites for hydroxylation is 1. The fourth-order valence-electron chi connectivity index (χ4n) is 3.81. The molecule has 0 saturated heterocycles. The van der Waals surface area contributed by atoms with Crippen LogP contribution in [-0.4, -0.2) is 36.9 Å². The highest BCUT2D eigenvalue weighted by atomic mass is 35.5. The van der Waals surface area contributed by atoms with Gasteiger partial charge in [-0.25, -0.2) is 0 Å². The van der Waals surface area contributed by atoms with Crippen LogP contribution < -0.4 is 15.1 Å². The maximum Gasteiger partial charge on any atom is 0.259 e. The van der Waals surface area contributed by atoms with E-state index in [1.165, 1.54) is 0 Å². The maximum atomic E-state index is 13.4. The van der Waals surface area contributed by atoms with Gasteiger partial charge in [-0.2, -0.15) is 0 Å². The van der Waals surface area contributed by atoms with Crippen LogP contribution in [0.2, 0.25) is 10.0 Å². The van der Waals surface area contributed by atoms with Crippen molar-refractivity contribution in [3.8, 4) is 0 Å². The predicted octanol–water partition coefficient (Wildman–Crippen LogP) is 4.61. The molecule has 2 aromatic rings. The lowest BCUT2D eigenvalue weighted by Crippen LogP contribution is -2.55. The Morgan fingerprint density at radius 1 is 0.938 bits per heavy atom. The van der Waals surface area contributed by atoms with E-state index in [-0.39, 0.29) is 12.3 Å². The molecule has 0 atom stereocenters. The summed E-state index contributed by atoms with van der Waals surface area (Å²) in [4.78, 5) is 42.7. The molecule has 8 heteroatoms. The lowest BCUT2D eigenvalue weighted by Gasteiger charge is -2.24. The van der Waals surface area contributed by atoms with E-state index in [1.54, 1.807) is 28.0 Å². The quantitative estimate of drug-likeness (QED) is 0.566. The minimum absolute atomic E-state index is 0.0902. The Balaban J connectivity index is 1.83. The monoisotopic (exact) mass is 475 g/mol. The summed E-state index contributed by atoms with van der Waals surface area (Å²) in [5.41, 5.74) is 2.15. The fourth-order valence-corrected chi connectivity index (χ4v) is 4.32. The lowest BCUT2D eigenvalue weighted by molar-refractivity contribution is -0.134. The summed E-state index contributed by atoms with van der Waals surface area (Å²) in [5.74, 6) is -1.22. The van der Waals surface area contributed by atoms with Crippen LogP contribution in [0.15, 0.2) is 42.5 Å². The molecule has 0 aliphatic carbocycles. The molecule has 32 heavy (non-hydrogen) atoms. The van der Waals surface area contributed by atoms with Crippen molar-refractivity contribution in [1.29, 1.82) is 0 Å². The highest BCUT2D eigenvalue weighted by Gasteiger charge is 2.40. The molecule has 6 nitrogen and oxygen atoms in total. The first-order valence-electron chi connectivity index (χ1n) is 10.8. The van der Waals surface area contributed by atoms with Crippen molar-refractivity contribution in [2.45, 2.75) is 45.6 Å². The first-order valence-corrected chi connectivity index (χ1v) is 11.6. The van der Waals surface area contributed by atoms with Crippen LogP contribution in [0, 0.1) is 0 Å². The van der Waals surface area contributed by atoms with Crippen LogP contribution >= 0.6 is 23.2 Å². The highest BCUT2D eigenvalue weighted by molar-refractivity contribution is 6.35. The van der Waals surface area contributed by atoms with Gasteiger partial charge in [0.15, 0.2) is 6.04 Å². The molecule has 2 aromatic carbocycles. The van der Waals surface area contributed by atoms with E-state index in [0.29, 0.717) is 40.9 Å². The Labute approximate surface area is 198 Å². The van der Waals surface area contributed by atoms with E-state index < -0.39 is 17.9 Å². The standard InChI is InChI=1S/C24H27Cl2N3O3/c1-3-13-28-19-7-5-6-8-20(19)29(14-4-2)24(32)22(23(28)31)27-21(30)12-10-16-9-11-17(25)15-18(16)26/h5-9,11,15,22H,3-4,10,12-14H2,1-2H3,(H,27,30). The number of halogens is 2. The Morgan fingerprint density at radius 2 is 1.50 bits per heavy atom. The van der Waals surface area contributed by atoms with E-state index in [0.717, 1.165) is 18.4 Å². The summed E-state index contributed by atoms with van der Waals surface area (Å²) >= 11 is 12.1. The van der Waals surface area contributed by atoms with Gasteiger partial charge in [0.25, 0.3) is 11.8 Å². The predicted molar refractivity (Wildman–Crippen MR) is 128 cm³/mol. The molecular weight excluding hydrogens is 449 g/mol.